The summed E-state index contributed by atoms with van der Waals surface area (Å²) in [7, 11) is 0. The molecule has 0 saturated carbocycles. The Labute approximate surface area is 115 Å². The Balaban J connectivity index is 1.84. The molecule has 4 heteroatoms. The average Bonchev–Trinajstić information content (AvgIpc) is 2.67. The van der Waals surface area contributed by atoms with Crippen molar-refractivity contribution in [2.75, 3.05) is 0 Å². The minimum atomic E-state index is -0.524. The number of hydrogen-bond acceptors (Lipinski definition) is 4. The number of ether oxygens (including phenoxy) is 2. The normalized spacial score (nSPS) is 44.8. The van der Waals surface area contributed by atoms with Crippen LogP contribution in [0.15, 0.2) is 12.2 Å². The summed E-state index contributed by atoms with van der Waals surface area (Å²) in [5.41, 5.74) is 0.0414. The minimum absolute atomic E-state index is 0.0163. The van der Waals surface area contributed by atoms with Gasteiger partial charge >= 0.3 is 0 Å². The summed E-state index contributed by atoms with van der Waals surface area (Å²) in [4.78, 5) is 10.7. The first kappa shape index (κ1) is 13.6. The van der Waals surface area contributed by atoms with Crippen molar-refractivity contribution in [3.8, 4) is 0 Å². The van der Waals surface area contributed by atoms with Crippen LogP contribution in [0.25, 0.3) is 0 Å². The van der Waals surface area contributed by atoms with E-state index >= 15 is 0 Å². The van der Waals surface area contributed by atoms with E-state index in [9.17, 15) is 0 Å². The van der Waals surface area contributed by atoms with Crippen LogP contribution in [0.4, 0.5) is 0 Å². The van der Waals surface area contributed by atoms with Crippen LogP contribution in [0.2, 0.25) is 0 Å². The van der Waals surface area contributed by atoms with Gasteiger partial charge in [-0.3, -0.25) is 0 Å². The molecule has 2 bridgehead atoms. The molecular weight excluding hydrogens is 244 g/mol. The second-order valence-electron chi connectivity index (χ2n) is 7.37. The van der Waals surface area contributed by atoms with E-state index in [2.05, 4.69) is 32.9 Å². The fourth-order valence-electron chi connectivity index (χ4n) is 3.26. The Hall–Kier alpha value is -0.420. The summed E-state index contributed by atoms with van der Waals surface area (Å²) in [5, 5.41) is 0. The van der Waals surface area contributed by atoms with Gasteiger partial charge in [0.2, 0.25) is 0 Å². The van der Waals surface area contributed by atoms with Gasteiger partial charge in [-0.15, -0.1) is 0 Å². The van der Waals surface area contributed by atoms with Crippen molar-refractivity contribution in [2.45, 2.75) is 71.2 Å². The van der Waals surface area contributed by atoms with Gasteiger partial charge < -0.3 is 9.47 Å². The van der Waals surface area contributed by atoms with Crippen LogP contribution in [0.1, 0.15) is 41.0 Å². The van der Waals surface area contributed by atoms with Gasteiger partial charge in [0.15, 0.2) is 5.79 Å². The largest absolute Gasteiger partial charge is 0.344 e. The summed E-state index contributed by atoms with van der Waals surface area (Å²) in [6.07, 6.45) is 5.28. The van der Waals surface area contributed by atoms with E-state index < -0.39 is 5.79 Å². The van der Waals surface area contributed by atoms with Crippen LogP contribution >= 0.6 is 0 Å². The molecule has 1 aliphatic carbocycles. The molecular formula is C15H24O4. The molecule has 0 amide bonds. The van der Waals surface area contributed by atoms with Gasteiger partial charge in [0.1, 0.15) is 12.2 Å². The molecule has 3 heterocycles. The van der Waals surface area contributed by atoms with E-state index in [1.54, 1.807) is 0 Å². The van der Waals surface area contributed by atoms with Crippen LogP contribution < -0.4 is 0 Å². The standard InChI is InChI=1S/C15H24O4/c1-14(2,3)13-12(16-15(4,5)17-13)10-8-9-6-7-11(10)19-18-9/h6-7,9-13H,8H2,1-5H3/t9-,10-,11+,12-,13+/m0/s1. The lowest BCUT2D eigenvalue weighted by atomic mass is 9.76. The molecule has 0 spiro atoms. The Bertz CT molecular complexity index is 382. The van der Waals surface area contributed by atoms with Crippen LogP contribution in [0.3, 0.4) is 0 Å². The maximum Gasteiger partial charge on any atom is 0.163 e. The van der Waals surface area contributed by atoms with Gasteiger partial charge in [0.05, 0.1) is 12.2 Å². The third-order valence-electron chi connectivity index (χ3n) is 4.14. The van der Waals surface area contributed by atoms with Crippen molar-refractivity contribution in [3.05, 3.63) is 12.2 Å². The van der Waals surface area contributed by atoms with Gasteiger partial charge in [0.25, 0.3) is 0 Å². The Kier molecular flexibility index (Phi) is 3.06. The predicted octanol–water partition coefficient (Wildman–Crippen LogP) is 2.83. The third kappa shape index (κ3) is 2.47. The summed E-state index contributed by atoms with van der Waals surface area (Å²) in [6, 6.07) is 0. The van der Waals surface area contributed by atoms with Crippen molar-refractivity contribution in [3.63, 3.8) is 0 Å². The summed E-state index contributed by atoms with van der Waals surface area (Å²) < 4.78 is 12.3. The molecule has 4 rings (SSSR count). The minimum Gasteiger partial charge on any atom is -0.344 e. The Morgan fingerprint density at radius 2 is 1.79 bits per heavy atom. The monoisotopic (exact) mass is 268 g/mol. The zero-order valence-corrected chi connectivity index (χ0v) is 12.4. The first-order valence-electron chi connectivity index (χ1n) is 7.12. The molecule has 0 unspecified atom stereocenters. The molecule has 4 aliphatic rings. The highest BCUT2D eigenvalue weighted by Gasteiger charge is 2.53. The second-order valence-corrected chi connectivity index (χ2v) is 7.37. The third-order valence-corrected chi connectivity index (χ3v) is 4.14. The fraction of sp³-hybridized carbons (Fsp3) is 0.867. The van der Waals surface area contributed by atoms with Gasteiger partial charge in [-0.1, -0.05) is 32.9 Å². The van der Waals surface area contributed by atoms with Crippen LogP contribution in [-0.2, 0) is 19.2 Å². The van der Waals surface area contributed by atoms with Crippen molar-refractivity contribution < 1.29 is 19.2 Å². The van der Waals surface area contributed by atoms with E-state index in [-0.39, 0.29) is 29.8 Å². The van der Waals surface area contributed by atoms with Gasteiger partial charge in [-0.05, 0) is 25.7 Å². The Morgan fingerprint density at radius 3 is 2.26 bits per heavy atom. The Morgan fingerprint density at radius 1 is 1.05 bits per heavy atom. The van der Waals surface area contributed by atoms with E-state index in [0.717, 1.165) is 6.42 Å². The quantitative estimate of drug-likeness (QED) is 0.541. The molecule has 0 aromatic rings. The van der Waals surface area contributed by atoms with Gasteiger partial charge in [-0.25, -0.2) is 9.78 Å². The highest BCUT2D eigenvalue weighted by Crippen LogP contribution is 2.45. The second kappa shape index (κ2) is 4.29. The molecule has 4 nitrogen and oxygen atoms in total. The van der Waals surface area contributed by atoms with E-state index in [1.807, 2.05) is 13.8 Å². The number of hydrogen-bond donors (Lipinski definition) is 0. The zero-order valence-electron chi connectivity index (χ0n) is 12.4. The molecule has 108 valence electrons. The number of fused-ring (bicyclic) bond motifs is 2. The van der Waals surface area contributed by atoms with Crippen molar-refractivity contribution in [1.82, 2.24) is 0 Å². The lowest BCUT2D eigenvalue weighted by Gasteiger charge is -2.42. The molecule has 2 fully saturated rings. The molecule has 3 aliphatic heterocycles. The van der Waals surface area contributed by atoms with Gasteiger partial charge in [-0.2, -0.15) is 0 Å². The maximum absolute atomic E-state index is 6.19. The molecule has 0 radical (unpaired) electrons. The molecule has 0 aromatic heterocycles. The van der Waals surface area contributed by atoms with E-state index in [4.69, 9.17) is 19.2 Å². The average molecular weight is 268 g/mol. The molecule has 0 aromatic carbocycles. The predicted molar refractivity (Wildman–Crippen MR) is 70.3 cm³/mol. The zero-order chi connectivity index (χ0) is 13.8. The first-order chi connectivity index (χ1) is 8.76. The topological polar surface area (TPSA) is 36.9 Å². The molecule has 0 N–H and O–H groups in total. The van der Waals surface area contributed by atoms with Crippen LogP contribution in [-0.4, -0.2) is 30.2 Å². The number of rotatable bonds is 1. The highest BCUT2D eigenvalue weighted by atomic mass is 17.2. The highest BCUT2D eigenvalue weighted by molar-refractivity contribution is 5.09. The lowest BCUT2D eigenvalue weighted by molar-refractivity contribution is -0.380. The molecule has 2 saturated heterocycles. The van der Waals surface area contributed by atoms with Crippen LogP contribution in [0.5, 0.6) is 0 Å². The fourth-order valence-corrected chi connectivity index (χ4v) is 3.26. The maximum atomic E-state index is 6.19. The van der Waals surface area contributed by atoms with Crippen molar-refractivity contribution in [2.24, 2.45) is 11.3 Å². The van der Waals surface area contributed by atoms with Crippen molar-refractivity contribution in [1.29, 1.82) is 0 Å². The lowest BCUT2D eigenvalue weighted by Crippen LogP contribution is -2.49. The molecule has 19 heavy (non-hydrogen) atoms. The summed E-state index contributed by atoms with van der Waals surface area (Å²) >= 11 is 0. The first-order valence-corrected chi connectivity index (χ1v) is 7.12. The molecule has 5 atom stereocenters. The summed E-state index contributed by atoms with van der Waals surface area (Å²) in [6.45, 7) is 10.6. The van der Waals surface area contributed by atoms with E-state index in [1.165, 1.54) is 0 Å². The summed E-state index contributed by atoms with van der Waals surface area (Å²) in [5.74, 6) is -0.223. The smallest absolute Gasteiger partial charge is 0.163 e. The van der Waals surface area contributed by atoms with Crippen molar-refractivity contribution >= 4 is 0 Å². The van der Waals surface area contributed by atoms with Crippen LogP contribution in [0, 0.1) is 11.3 Å². The SMILES string of the molecule is CC1(C)O[C@@H]([C@H]2C[C@@H]3C=C[C@H]2OO3)[C@H](C(C)(C)C)O1. The van der Waals surface area contributed by atoms with Gasteiger partial charge in [0, 0.05) is 5.92 Å². The van der Waals surface area contributed by atoms with E-state index in [0.29, 0.717) is 5.92 Å².